The van der Waals surface area contributed by atoms with Gasteiger partial charge >= 0.3 is 0 Å². The average molecular weight is 524 g/mol. The van der Waals surface area contributed by atoms with Gasteiger partial charge in [0.2, 0.25) is 0 Å². The van der Waals surface area contributed by atoms with Gasteiger partial charge in [-0.2, -0.15) is 0 Å². The summed E-state index contributed by atoms with van der Waals surface area (Å²) in [6.07, 6.45) is 4.55. The summed E-state index contributed by atoms with van der Waals surface area (Å²) in [4.78, 5) is 7.96. The number of unbranched alkanes of at least 4 members (excludes halogenated alkanes) is 2. The lowest BCUT2D eigenvalue weighted by molar-refractivity contribution is 0.169. The number of hydrogen-bond donors (Lipinski definition) is 0. The largest absolute Gasteiger partial charge is 0.486 e. The summed E-state index contributed by atoms with van der Waals surface area (Å²) in [5.74, 6) is 2.75. The van der Waals surface area contributed by atoms with E-state index < -0.39 is 0 Å². The summed E-state index contributed by atoms with van der Waals surface area (Å²) in [5, 5.41) is 0. The van der Waals surface area contributed by atoms with Gasteiger partial charge in [-0.1, -0.05) is 93.4 Å². The minimum Gasteiger partial charge on any atom is -0.486 e. The summed E-state index contributed by atoms with van der Waals surface area (Å²) >= 11 is 0. The Morgan fingerprint density at radius 2 is 1.49 bits per heavy atom. The molecule has 0 radical (unpaired) electrons. The van der Waals surface area contributed by atoms with E-state index in [2.05, 4.69) is 109 Å². The number of benzene rings is 3. The molecule has 0 spiro atoms. The maximum absolute atomic E-state index is 5.91. The van der Waals surface area contributed by atoms with Gasteiger partial charge in [-0.3, -0.25) is 4.90 Å². The number of fused-ring (bicyclic) bond motifs is 1. The first-order valence-electron chi connectivity index (χ1n) is 14.5. The molecule has 5 heteroatoms. The summed E-state index contributed by atoms with van der Waals surface area (Å²) in [6, 6.07) is 27.9. The van der Waals surface area contributed by atoms with E-state index in [1.165, 1.54) is 16.8 Å². The lowest BCUT2D eigenvalue weighted by Crippen LogP contribution is -2.30. The second-order valence-electron chi connectivity index (χ2n) is 10.4. The summed E-state index contributed by atoms with van der Waals surface area (Å²) in [6.45, 7) is 10.9. The fraction of sp³-hybridized carbons (Fsp3) is 0.382. The van der Waals surface area contributed by atoms with Crippen LogP contribution in [0.5, 0.6) is 11.5 Å². The molecule has 0 saturated heterocycles. The van der Waals surface area contributed by atoms with Crippen molar-refractivity contribution in [3.63, 3.8) is 0 Å². The zero-order valence-electron chi connectivity index (χ0n) is 23.6. The van der Waals surface area contributed by atoms with E-state index in [1.54, 1.807) is 0 Å². The van der Waals surface area contributed by atoms with Gasteiger partial charge in [0.1, 0.15) is 19.0 Å². The van der Waals surface area contributed by atoms with E-state index >= 15 is 0 Å². The molecule has 0 saturated carbocycles. The molecule has 1 unspecified atom stereocenters. The van der Waals surface area contributed by atoms with Crippen molar-refractivity contribution < 1.29 is 9.47 Å². The van der Waals surface area contributed by atoms with E-state index in [1.807, 2.05) is 0 Å². The predicted octanol–water partition coefficient (Wildman–Crippen LogP) is 8.15. The van der Waals surface area contributed by atoms with Crippen molar-refractivity contribution in [1.29, 1.82) is 0 Å². The molecule has 39 heavy (non-hydrogen) atoms. The third-order valence-electron chi connectivity index (χ3n) is 7.56. The van der Waals surface area contributed by atoms with Crippen LogP contribution in [0.25, 0.3) is 22.6 Å². The average Bonchev–Trinajstić information content (AvgIpc) is 3.38. The molecule has 0 aliphatic carbocycles. The Hall–Kier alpha value is -3.57. The van der Waals surface area contributed by atoms with E-state index in [9.17, 15) is 0 Å². The topological polar surface area (TPSA) is 39.5 Å². The Kier molecular flexibility index (Phi) is 9.00. The highest BCUT2D eigenvalue weighted by atomic mass is 16.6. The lowest BCUT2D eigenvalue weighted by Gasteiger charge is -2.31. The summed E-state index contributed by atoms with van der Waals surface area (Å²) in [5.41, 5.74) is 5.95. The third-order valence-corrected chi connectivity index (χ3v) is 7.56. The van der Waals surface area contributed by atoms with Crippen molar-refractivity contribution in [1.82, 2.24) is 14.5 Å². The predicted molar refractivity (Wildman–Crippen MR) is 159 cm³/mol. The van der Waals surface area contributed by atoms with Gasteiger partial charge in [-0.05, 0) is 44.0 Å². The molecule has 0 amide bonds. The second-order valence-corrected chi connectivity index (χ2v) is 10.4. The molecule has 1 atom stereocenters. The molecular weight excluding hydrogens is 482 g/mol. The second kappa shape index (κ2) is 13.0. The minimum atomic E-state index is 0.168. The molecule has 5 nitrogen and oxygen atoms in total. The first-order chi connectivity index (χ1) is 19.2. The van der Waals surface area contributed by atoms with Crippen LogP contribution in [0, 0.1) is 0 Å². The van der Waals surface area contributed by atoms with E-state index in [4.69, 9.17) is 14.5 Å². The van der Waals surface area contributed by atoms with Crippen LogP contribution in [0.1, 0.15) is 63.8 Å². The molecule has 5 rings (SSSR count). The van der Waals surface area contributed by atoms with Crippen molar-refractivity contribution in [2.75, 3.05) is 19.8 Å². The van der Waals surface area contributed by atoms with Gasteiger partial charge in [0.15, 0.2) is 11.5 Å². The van der Waals surface area contributed by atoms with Gasteiger partial charge in [0.05, 0.1) is 11.4 Å². The Balaban J connectivity index is 1.59. The van der Waals surface area contributed by atoms with Crippen molar-refractivity contribution in [3.8, 4) is 34.1 Å². The highest BCUT2D eigenvalue weighted by Crippen LogP contribution is 2.37. The zero-order chi connectivity index (χ0) is 27.0. The molecule has 4 aromatic rings. The fourth-order valence-electron chi connectivity index (χ4n) is 5.41. The molecule has 0 fully saturated rings. The van der Waals surface area contributed by atoms with Crippen LogP contribution in [-0.4, -0.2) is 34.2 Å². The van der Waals surface area contributed by atoms with Crippen LogP contribution in [0.4, 0.5) is 0 Å². The third kappa shape index (κ3) is 6.20. The smallest absolute Gasteiger partial charge is 0.161 e. The molecular formula is C34H41N3O2. The molecule has 1 aliphatic heterocycles. The highest BCUT2D eigenvalue weighted by molar-refractivity contribution is 5.69. The molecule has 0 N–H and O–H groups in total. The van der Waals surface area contributed by atoms with Crippen LogP contribution in [0.2, 0.25) is 0 Å². The molecule has 3 aromatic carbocycles. The van der Waals surface area contributed by atoms with Gasteiger partial charge in [-0.25, -0.2) is 4.98 Å². The van der Waals surface area contributed by atoms with Crippen LogP contribution in [-0.2, 0) is 13.1 Å². The highest BCUT2D eigenvalue weighted by Gasteiger charge is 2.27. The van der Waals surface area contributed by atoms with Crippen molar-refractivity contribution >= 4 is 0 Å². The van der Waals surface area contributed by atoms with Crippen LogP contribution in [0.3, 0.4) is 0 Å². The van der Waals surface area contributed by atoms with Gasteiger partial charge in [0, 0.05) is 30.3 Å². The van der Waals surface area contributed by atoms with Crippen LogP contribution in [0.15, 0.2) is 78.9 Å². The first kappa shape index (κ1) is 27.0. The number of hydrogen-bond acceptors (Lipinski definition) is 4. The number of aromatic nitrogens is 2. The van der Waals surface area contributed by atoms with E-state index in [0.717, 1.165) is 73.9 Å². The lowest BCUT2D eigenvalue weighted by atomic mass is 10.0. The molecule has 0 bridgehead atoms. The number of ether oxygens (including phenoxy) is 2. The monoisotopic (exact) mass is 523 g/mol. The summed E-state index contributed by atoms with van der Waals surface area (Å²) < 4.78 is 14.2. The molecule has 204 valence electrons. The number of imidazole rings is 1. The van der Waals surface area contributed by atoms with E-state index in [-0.39, 0.29) is 6.04 Å². The fourth-order valence-corrected chi connectivity index (χ4v) is 5.41. The van der Waals surface area contributed by atoms with Gasteiger partial charge < -0.3 is 14.0 Å². The maximum Gasteiger partial charge on any atom is 0.161 e. The number of nitrogens with zero attached hydrogens (tertiary/aromatic N) is 3. The standard InChI is InChI=1S/C34H41N3O2/c1-4-6-20-36(25-27-18-19-30-31(24-27)39-23-22-38-30)26(3)33-32(28-14-10-8-11-15-28)35-34(37(33)21-7-5-2)29-16-12-9-13-17-29/h8-19,24,26H,4-7,20-23,25H2,1-3H3. The maximum atomic E-state index is 5.91. The van der Waals surface area contributed by atoms with Crippen molar-refractivity contribution in [2.24, 2.45) is 0 Å². The van der Waals surface area contributed by atoms with Crippen LogP contribution >= 0.6 is 0 Å². The molecule has 1 aromatic heterocycles. The molecule has 2 heterocycles. The summed E-state index contributed by atoms with van der Waals surface area (Å²) in [7, 11) is 0. The first-order valence-corrected chi connectivity index (χ1v) is 14.5. The van der Waals surface area contributed by atoms with Gasteiger partial charge in [0.25, 0.3) is 0 Å². The Bertz CT molecular complexity index is 1330. The van der Waals surface area contributed by atoms with E-state index in [0.29, 0.717) is 13.2 Å². The minimum absolute atomic E-state index is 0.168. The van der Waals surface area contributed by atoms with Gasteiger partial charge in [-0.15, -0.1) is 0 Å². The number of rotatable bonds is 12. The zero-order valence-corrected chi connectivity index (χ0v) is 23.6. The SMILES string of the molecule is CCCCN(Cc1ccc2c(c1)OCCO2)C(C)c1c(-c2ccccc2)nc(-c2ccccc2)n1CCCC. The van der Waals surface area contributed by atoms with Crippen molar-refractivity contribution in [3.05, 3.63) is 90.1 Å². The Morgan fingerprint density at radius 3 is 2.18 bits per heavy atom. The Morgan fingerprint density at radius 1 is 0.821 bits per heavy atom. The quantitative estimate of drug-likeness (QED) is 0.188. The van der Waals surface area contributed by atoms with Crippen molar-refractivity contribution in [2.45, 2.75) is 65.6 Å². The van der Waals surface area contributed by atoms with Crippen LogP contribution < -0.4 is 9.47 Å². The molecule has 1 aliphatic rings. The Labute approximate surface area is 233 Å². The normalized spacial score (nSPS) is 13.5.